The number of hydrogen-bond acceptors (Lipinski definition) is 2. The van der Waals surface area contributed by atoms with Gasteiger partial charge in [0, 0.05) is 38.1 Å². The summed E-state index contributed by atoms with van der Waals surface area (Å²) < 4.78 is 18.9. The Balaban J connectivity index is 1.13. The first-order valence-corrected chi connectivity index (χ1v) is 22.2. The van der Waals surface area contributed by atoms with Gasteiger partial charge in [-0.25, -0.2) is 0 Å². The third-order valence-electron chi connectivity index (χ3n) is 12.6. The molecule has 11 aromatic rings. The Morgan fingerprint density at radius 1 is 0.322 bits per heavy atom. The van der Waals surface area contributed by atoms with Crippen molar-refractivity contribution in [2.45, 2.75) is 0 Å². The number of fused-ring (bicyclic) bond motifs is 10. The predicted molar refractivity (Wildman–Crippen MR) is 244 cm³/mol. The molecule has 0 bridgehead atoms. The number of ether oxygens (including phenoxy) is 2. The summed E-state index contributed by atoms with van der Waals surface area (Å²) in [6, 6.07) is 74.7. The molecule has 0 saturated carbocycles. The monoisotopic (exact) mass is 770 g/mol. The van der Waals surface area contributed by atoms with E-state index in [4.69, 9.17) is 9.47 Å². The van der Waals surface area contributed by atoms with Crippen LogP contribution in [0.2, 0.25) is 0 Å². The fraction of sp³-hybridized carbons (Fsp3) is 0. The number of aromatic nitrogens is 2. The molecule has 4 nitrogen and oxygen atoms in total. The standard InChI is InChI=1S/C54H34N2O2Si/c1-2-16-39(17-3-1)59-52-28-14-12-26-48(52)57-50-32-36(33-51(54(50)59)58-49-27-13-15-29-53(49)59)35-30-37(55-44-22-8-4-18-40(44)41-19-5-9-23-45(41)55)34-38(31-35)56-46-24-10-6-20-42(46)43-21-7-11-25-47(43)56/h1-34H. The van der Waals surface area contributed by atoms with Crippen LogP contribution >= 0.6 is 0 Å². The van der Waals surface area contributed by atoms with Crippen LogP contribution in [0.4, 0.5) is 0 Å². The Hall–Kier alpha value is -7.60. The molecular formula is C54H34N2O2Si. The van der Waals surface area contributed by atoms with Crippen molar-refractivity contribution >= 4 is 72.4 Å². The van der Waals surface area contributed by atoms with Crippen molar-refractivity contribution in [3.63, 3.8) is 0 Å². The minimum absolute atomic E-state index is 0.849. The van der Waals surface area contributed by atoms with Crippen molar-refractivity contribution in [1.29, 1.82) is 0 Å². The largest absolute Gasteiger partial charge is 0.457 e. The average Bonchev–Trinajstić information content (AvgIpc) is 3.82. The molecule has 13 rings (SSSR count). The van der Waals surface area contributed by atoms with E-state index in [2.05, 4.69) is 215 Å². The van der Waals surface area contributed by atoms with Crippen LogP contribution < -0.4 is 30.2 Å². The summed E-state index contributed by atoms with van der Waals surface area (Å²) in [6.45, 7) is 0. The second-order valence-corrected chi connectivity index (χ2v) is 19.3. The molecule has 5 heteroatoms. The van der Waals surface area contributed by atoms with E-state index in [9.17, 15) is 0 Å². The molecule has 0 radical (unpaired) electrons. The summed E-state index contributed by atoms with van der Waals surface area (Å²) in [5.41, 5.74) is 8.91. The smallest absolute Gasteiger partial charge is 0.197 e. The van der Waals surface area contributed by atoms with Gasteiger partial charge < -0.3 is 18.6 Å². The van der Waals surface area contributed by atoms with Crippen molar-refractivity contribution in [1.82, 2.24) is 9.13 Å². The Kier molecular flexibility index (Phi) is 6.72. The molecule has 0 fully saturated rings. The number of nitrogens with zero attached hydrogens (tertiary/aromatic N) is 2. The zero-order valence-electron chi connectivity index (χ0n) is 31.8. The van der Waals surface area contributed by atoms with Gasteiger partial charge in [0.15, 0.2) is 8.07 Å². The maximum absolute atomic E-state index is 7.03. The van der Waals surface area contributed by atoms with Gasteiger partial charge in [-0.3, -0.25) is 0 Å². The topological polar surface area (TPSA) is 28.3 Å². The summed E-state index contributed by atoms with van der Waals surface area (Å²) in [7, 11) is -2.87. The molecule has 0 spiro atoms. The van der Waals surface area contributed by atoms with Crippen molar-refractivity contribution in [3.8, 4) is 45.5 Å². The van der Waals surface area contributed by atoms with Gasteiger partial charge in [-0.15, -0.1) is 0 Å². The molecule has 2 aliphatic heterocycles. The maximum atomic E-state index is 7.03. The molecule has 4 heterocycles. The molecule has 59 heavy (non-hydrogen) atoms. The van der Waals surface area contributed by atoms with Crippen molar-refractivity contribution in [2.75, 3.05) is 0 Å². The summed E-state index contributed by atoms with van der Waals surface area (Å²) in [6.07, 6.45) is 0. The van der Waals surface area contributed by atoms with Crippen molar-refractivity contribution < 1.29 is 9.47 Å². The van der Waals surface area contributed by atoms with Gasteiger partial charge in [0.25, 0.3) is 0 Å². The van der Waals surface area contributed by atoms with Gasteiger partial charge in [0.05, 0.1) is 22.1 Å². The van der Waals surface area contributed by atoms with Crippen molar-refractivity contribution in [2.24, 2.45) is 0 Å². The second-order valence-electron chi connectivity index (χ2n) is 15.6. The Morgan fingerprint density at radius 3 is 1.15 bits per heavy atom. The van der Waals surface area contributed by atoms with Gasteiger partial charge in [0.2, 0.25) is 0 Å². The Morgan fingerprint density at radius 2 is 0.695 bits per heavy atom. The first-order chi connectivity index (χ1) is 29.3. The molecule has 0 atom stereocenters. The fourth-order valence-electron chi connectivity index (χ4n) is 10.2. The molecule has 0 unspecified atom stereocenters. The highest BCUT2D eigenvalue weighted by Crippen LogP contribution is 2.43. The lowest BCUT2D eigenvalue weighted by Crippen LogP contribution is -2.77. The lowest BCUT2D eigenvalue weighted by molar-refractivity contribution is 0.464. The Labute approximate surface area is 341 Å². The minimum atomic E-state index is -2.87. The van der Waals surface area contributed by atoms with E-state index < -0.39 is 8.07 Å². The third kappa shape index (κ3) is 4.48. The van der Waals surface area contributed by atoms with Crippen LogP contribution in [-0.4, -0.2) is 17.2 Å². The summed E-state index contributed by atoms with van der Waals surface area (Å²) >= 11 is 0. The summed E-state index contributed by atoms with van der Waals surface area (Å²) in [4.78, 5) is 0. The van der Waals surface area contributed by atoms with Crippen molar-refractivity contribution in [3.05, 3.63) is 206 Å². The van der Waals surface area contributed by atoms with E-state index in [1.807, 2.05) is 0 Å². The first kappa shape index (κ1) is 32.5. The zero-order chi connectivity index (χ0) is 38.7. The number of para-hydroxylation sites is 6. The molecule has 276 valence electrons. The number of benzene rings is 9. The maximum Gasteiger partial charge on any atom is 0.197 e. The van der Waals surface area contributed by atoms with E-state index in [0.717, 1.165) is 72.8 Å². The summed E-state index contributed by atoms with van der Waals surface area (Å²) in [5.74, 6) is 3.50. The van der Waals surface area contributed by atoms with Gasteiger partial charge in [0.1, 0.15) is 23.0 Å². The van der Waals surface area contributed by atoms with E-state index in [1.165, 1.54) is 37.1 Å². The van der Waals surface area contributed by atoms with E-state index in [1.54, 1.807) is 0 Å². The molecule has 0 aliphatic carbocycles. The fourth-order valence-corrected chi connectivity index (χ4v) is 15.4. The molecular weight excluding hydrogens is 737 g/mol. The molecule has 9 aromatic carbocycles. The van der Waals surface area contributed by atoms with Crippen LogP contribution in [0.3, 0.4) is 0 Å². The van der Waals surface area contributed by atoms with Gasteiger partial charge in [-0.05, 0) is 93.4 Å². The van der Waals surface area contributed by atoms with Crippen LogP contribution in [0.25, 0.3) is 66.1 Å². The molecule has 2 aliphatic rings. The number of hydrogen-bond donors (Lipinski definition) is 0. The molecule has 0 saturated heterocycles. The van der Waals surface area contributed by atoms with E-state index >= 15 is 0 Å². The van der Waals surface area contributed by atoms with Crippen LogP contribution in [0.5, 0.6) is 23.0 Å². The van der Waals surface area contributed by atoms with Gasteiger partial charge in [-0.1, -0.05) is 140 Å². The second kappa shape index (κ2) is 12.2. The highest BCUT2D eigenvalue weighted by molar-refractivity contribution is 7.21. The van der Waals surface area contributed by atoms with Gasteiger partial charge >= 0.3 is 0 Å². The van der Waals surface area contributed by atoms with Gasteiger partial charge in [-0.2, -0.15) is 0 Å². The molecule has 0 N–H and O–H groups in total. The minimum Gasteiger partial charge on any atom is -0.457 e. The molecule has 2 aromatic heterocycles. The van der Waals surface area contributed by atoms with E-state index in [0.29, 0.717) is 0 Å². The van der Waals surface area contributed by atoms with E-state index in [-0.39, 0.29) is 0 Å². The van der Waals surface area contributed by atoms with Crippen LogP contribution in [0.1, 0.15) is 0 Å². The third-order valence-corrected chi connectivity index (χ3v) is 17.5. The normalized spacial score (nSPS) is 13.5. The Bertz CT molecular complexity index is 3220. The number of rotatable bonds is 4. The lowest BCUT2D eigenvalue weighted by atomic mass is 10.0. The SMILES string of the molecule is c1ccc([Si]23c4ccccc4Oc4cc(-c5cc(-n6c7ccccc7c7ccccc76)cc(-n6c7ccccc7c7ccccc76)c5)cc(c42)Oc2ccccc23)cc1. The quantitative estimate of drug-likeness (QED) is 0.167. The zero-order valence-corrected chi connectivity index (χ0v) is 32.8. The molecule has 0 amide bonds. The highest BCUT2D eigenvalue weighted by atomic mass is 28.3. The van der Waals surface area contributed by atoms with Crippen LogP contribution in [0, 0.1) is 0 Å². The van der Waals surface area contributed by atoms with Crippen LogP contribution in [0.15, 0.2) is 206 Å². The lowest BCUT2D eigenvalue weighted by Gasteiger charge is -2.43. The average molecular weight is 771 g/mol. The predicted octanol–water partition coefficient (Wildman–Crippen LogP) is 11.1. The first-order valence-electron chi connectivity index (χ1n) is 20.2. The summed E-state index contributed by atoms with van der Waals surface area (Å²) in [5, 5.41) is 9.86. The van der Waals surface area contributed by atoms with Crippen LogP contribution in [-0.2, 0) is 0 Å². The highest BCUT2D eigenvalue weighted by Gasteiger charge is 2.53.